The maximum absolute atomic E-state index is 14.1. The molecule has 1 atom stereocenters. The molecule has 1 aliphatic rings. The first-order chi connectivity index (χ1) is 10.3. The van der Waals surface area contributed by atoms with Gasteiger partial charge in [0.1, 0.15) is 17.2 Å². The zero-order valence-electron chi connectivity index (χ0n) is 11.7. The zero-order valence-corrected chi connectivity index (χ0v) is 13.3. The van der Waals surface area contributed by atoms with Gasteiger partial charge >= 0.3 is 6.08 Å². The average molecular weight is 376 g/mol. The summed E-state index contributed by atoms with van der Waals surface area (Å²) in [5, 5.41) is 10.2. The third-order valence-corrected chi connectivity index (χ3v) is 4.48. The van der Waals surface area contributed by atoms with Crippen LogP contribution in [-0.2, 0) is 0 Å². The Morgan fingerprint density at radius 1 is 1.32 bits per heavy atom. The molecule has 0 saturated carbocycles. The van der Waals surface area contributed by atoms with Crippen LogP contribution < -0.4 is 4.90 Å². The summed E-state index contributed by atoms with van der Waals surface area (Å²) in [6.07, 6.45) is 0.176. The van der Waals surface area contributed by atoms with Crippen LogP contribution in [0.25, 0.3) is 10.9 Å². The topological polar surface area (TPSA) is 49.2 Å². The van der Waals surface area contributed by atoms with Crippen molar-refractivity contribution in [1.82, 2.24) is 9.97 Å². The van der Waals surface area contributed by atoms with Crippen LogP contribution in [0.15, 0.2) is 10.5 Å². The summed E-state index contributed by atoms with van der Waals surface area (Å²) in [4.78, 5) is 8.75. The van der Waals surface area contributed by atoms with Crippen molar-refractivity contribution in [2.45, 2.75) is 25.4 Å². The normalized spacial score (nSPS) is 22.4. The molecule has 0 amide bonds. The van der Waals surface area contributed by atoms with Gasteiger partial charge in [-0.05, 0) is 41.8 Å². The minimum Gasteiger partial charge on any atom is -0.388 e. The molecular weight excluding hydrogens is 363 g/mol. The quantitative estimate of drug-likeness (QED) is 0.614. The number of piperidine rings is 1. The molecule has 0 radical (unpaired) electrons. The third-order valence-electron chi connectivity index (χ3n) is 3.75. The Labute approximate surface area is 133 Å². The highest BCUT2D eigenvalue weighted by atomic mass is 79.9. The first-order valence-corrected chi connectivity index (χ1v) is 7.56. The monoisotopic (exact) mass is 375 g/mol. The van der Waals surface area contributed by atoms with Crippen LogP contribution in [0.5, 0.6) is 0 Å². The lowest BCUT2D eigenvalue weighted by atomic mass is 9.95. The Balaban J connectivity index is 2.21. The lowest BCUT2D eigenvalue weighted by Crippen LogP contribution is -2.46. The third kappa shape index (κ3) is 2.65. The predicted octanol–water partition coefficient (Wildman–Crippen LogP) is 3.16. The van der Waals surface area contributed by atoms with Crippen LogP contribution in [0.4, 0.5) is 19.0 Å². The molecule has 0 spiro atoms. The standard InChI is InChI=1S/C14H13BrF3N3O/c1-14(22)3-2-4-21(6-14)12-7-5-8(16)9(15)10(17)11(7)19-13(18)20-12/h5,22H,2-4,6H2,1H3. The number of rotatable bonds is 1. The SMILES string of the molecule is CC1(O)CCCN(c2nc(F)nc3c(F)c(Br)c(F)cc23)C1. The van der Waals surface area contributed by atoms with E-state index >= 15 is 0 Å². The van der Waals surface area contributed by atoms with Crippen molar-refractivity contribution in [1.29, 1.82) is 0 Å². The first-order valence-electron chi connectivity index (χ1n) is 6.76. The van der Waals surface area contributed by atoms with Crippen molar-refractivity contribution >= 4 is 32.7 Å². The van der Waals surface area contributed by atoms with Gasteiger partial charge in [0.05, 0.1) is 10.1 Å². The zero-order chi connectivity index (χ0) is 16.1. The summed E-state index contributed by atoms with van der Waals surface area (Å²) in [5.41, 5.74) is -1.25. The summed E-state index contributed by atoms with van der Waals surface area (Å²) in [5.74, 6) is -1.70. The van der Waals surface area contributed by atoms with Crippen LogP contribution in [0.2, 0.25) is 0 Å². The summed E-state index contributed by atoms with van der Waals surface area (Å²) in [7, 11) is 0. The predicted molar refractivity (Wildman–Crippen MR) is 79.2 cm³/mol. The van der Waals surface area contributed by atoms with Gasteiger partial charge < -0.3 is 10.0 Å². The molecule has 0 aliphatic carbocycles. The minimum absolute atomic E-state index is 0.0808. The Morgan fingerprint density at radius 3 is 2.73 bits per heavy atom. The molecule has 2 aromatic rings. The lowest BCUT2D eigenvalue weighted by Gasteiger charge is -2.37. The summed E-state index contributed by atoms with van der Waals surface area (Å²) >= 11 is 2.78. The van der Waals surface area contributed by atoms with Gasteiger partial charge in [-0.1, -0.05) is 0 Å². The maximum atomic E-state index is 14.1. The van der Waals surface area contributed by atoms with Gasteiger partial charge in [0, 0.05) is 18.5 Å². The van der Waals surface area contributed by atoms with E-state index in [4.69, 9.17) is 0 Å². The molecule has 1 unspecified atom stereocenters. The van der Waals surface area contributed by atoms with Crippen molar-refractivity contribution < 1.29 is 18.3 Å². The minimum atomic E-state index is -1.09. The van der Waals surface area contributed by atoms with Gasteiger partial charge in [0.25, 0.3) is 0 Å². The van der Waals surface area contributed by atoms with Gasteiger partial charge in [-0.15, -0.1) is 0 Å². The second-order valence-corrected chi connectivity index (χ2v) is 6.51. The number of fused-ring (bicyclic) bond motifs is 1. The Bertz CT molecular complexity index is 754. The number of β-amino-alcohol motifs (C(OH)–C–C–N with tert-alkyl or cyclic N) is 1. The summed E-state index contributed by atoms with van der Waals surface area (Å²) in [6, 6.07) is 1.07. The number of hydrogen-bond acceptors (Lipinski definition) is 4. The van der Waals surface area contributed by atoms with Crippen molar-refractivity contribution in [2.75, 3.05) is 18.0 Å². The largest absolute Gasteiger partial charge is 0.388 e. The molecule has 8 heteroatoms. The van der Waals surface area contributed by atoms with Crippen molar-refractivity contribution in [3.8, 4) is 0 Å². The average Bonchev–Trinajstić information content (AvgIpc) is 2.44. The van der Waals surface area contributed by atoms with E-state index in [0.717, 1.165) is 6.07 Å². The molecule has 1 N–H and O–H groups in total. The molecule has 3 rings (SSSR count). The summed E-state index contributed by atoms with van der Waals surface area (Å²) in [6.45, 7) is 2.38. The van der Waals surface area contributed by atoms with Gasteiger partial charge in [0.15, 0.2) is 5.82 Å². The maximum Gasteiger partial charge on any atom is 0.311 e. The fraction of sp³-hybridized carbons (Fsp3) is 0.429. The van der Waals surface area contributed by atoms with Gasteiger partial charge in [0.2, 0.25) is 0 Å². The number of halogens is 4. The fourth-order valence-corrected chi connectivity index (χ4v) is 3.07. The van der Waals surface area contributed by atoms with E-state index in [-0.39, 0.29) is 23.3 Å². The van der Waals surface area contributed by atoms with Crippen LogP contribution in [0.3, 0.4) is 0 Å². The van der Waals surface area contributed by atoms with E-state index in [0.29, 0.717) is 19.4 Å². The highest BCUT2D eigenvalue weighted by Crippen LogP contribution is 2.34. The number of nitrogens with zero attached hydrogens (tertiary/aromatic N) is 3. The summed E-state index contributed by atoms with van der Waals surface area (Å²) < 4.78 is 41.2. The molecule has 1 aliphatic heterocycles. The van der Waals surface area contributed by atoms with Gasteiger partial charge in [-0.3, -0.25) is 0 Å². The first kappa shape index (κ1) is 15.5. The fourth-order valence-electron chi connectivity index (χ4n) is 2.77. The number of anilines is 1. The number of hydrogen-bond donors (Lipinski definition) is 1. The van der Waals surface area contributed by atoms with Crippen LogP contribution >= 0.6 is 15.9 Å². The molecule has 2 heterocycles. The van der Waals surface area contributed by atoms with Crippen LogP contribution in [0, 0.1) is 17.7 Å². The van der Waals surface area contributed by atoms with Gasteiger partial charge in [-0.25, -0.2) is 8.78 Å². The van der Waals surface area contributed by atoms with Crippen LogP contribution in [0.1, 0.15) is 19.8 Å². The Kier molecular flexibility index (Phi) is 3.76. The molecule has 118 valence electrons. The Morgan fingerprint density at radius 2 is 2.05 bits per heavy atom. The van der Waals surface area contributed by atoms with Crippen molar-refractivity contribution in [3.05, 3.63) is 28.3 Å². The number of aromatic nitrogens is 2. The molecular formula is C14H13BrF3N3O. The number of aliphatic hydroxyl groups is 1. The highest BCUT2D eigenvalue weighted by Gasteiger charge is 2.31. The molecule has 1 fully saturated rings. The molecule has 4 nitrogen and oxygen atoms in total. The number of benzene rings is 1. The lowest BCUT2D eigenvalue weighted by molar-refractivity contribution is 0.0447. The molecule has 22 heavy (non-hydrogen) atoms. The van der Waals surface area contributed by atoms with Crippen LogP contribution in [-0.4, -0.2) is 33.8 Å². The smallest absolute Gasteiger partial charge is 0.311 e. The van der Waals surface area contributed by atoms with Gasteiger partial charge in [-0.2, -0.15) is 14.4 Å². The van der Waals surface area contributed by atoms with E-state index in [2.05, 4.69) is 25.9 Å². The van der Waals surface area contributed by atoms with E-state index in [1.54, 1.807) is 11.8 Å². The molecule has 1 aromatic carbocycles. The molecule has 0 bridgehead atoms. The Hall–Kier alpha value is -1.41. The highest BCUT2D eigenvalue weighted by molar-refractivity contribution is 9.10. The molecule has 1 saturated heterocycles. The van der Waals surface area contributed by atoms with E-state index in [9.17, 15) is 18.3 Å². The molecule has 1 aromatic heterocycles. The second-order valence-electron chi connectivity index (χ2n) is 5.72. The van der Waals surface area contributed by atoms with Crippen molar-refractivity contribution in [3.63, 3.8) is 0 Å². The van der Waals surface area contributed by atoms with Crippen molar-refractivity contribution in [2.24, 2.45) is 0 Å². The second kappa shape index (κ2) is 5.34. The van der Waals surface area contributed by atoms with E-state index in [1.807, 2.05) is 0 Å². The van der Waals surface area contributed by atoms with E-state index < -0.39 is 27.8 Å². The van der Waals surface area contributed by atoms with E-state index in [1.165, 1.54) is 0 Å².